The number of halogens is 1. The van der Waals surface area contributed by atoms with E-state index in [-0.39, 0.29) is 23.2 Å². The normalized spacial score (nSPS) is 23.4. The summed E-state index contributed by atoms with van der Waals surface area (Å²) in [5, 5.41) is 10.0. The first-order valence-corrected chi connectivity index (χ1v) is 8.31. The van der Waals surface area contributed by atoms with Gasteiger partial charge in [0.15, 0.2) is 9.84 Å². The molecule has 3 nitrogen and oxygen atoms in total. The monoisotopic (exact) mass is 286 g/mol. The van der Waals surface area contributed by atoms with E-state index in [0.29, 0.717) is 19.3 Å². The lowest BCUT2D eigenvalue weighted by atomic mass is 9.95. The van der Waals surface area contributed by atoms with E-state index in [1.165, 1.54) is 12.1 Å². The van der Waals surface area contributed by atoms with Crippen LogP contribution in [0.4, 0.5) is 4.39 Å². The van der Waals surface area contributed by atoms with E-state index in [1.54, 1.807) is 6.07 Å². The Morgan fingerprint density at radius 1 is 1.47 bits per heavy atom. The minimum Gasteiger partial charge on any atom is -0.393 e. The fourth-order valence-corrected chi connectivity index (χ4v) is 4.55. The summed E-state index contributed by atoms with van der Waals surface area (Å²) in [7, 11) is -2.89. The van der Waals surface area contributed by atoms with Crippen LogP contribution >= 0.6 is 0 Å². The molecule has 2 unspecified atom stereocenters. The smallest absolute Gasteiger partial charge is 0.150 e. The van der Waals surface area contributed by atoms with Crippen LogP contribution in [0.5, 0.6) is 0 Å². The van der Waals surface area contributed by atoms with Crippen molar-refractivity contribution in [2.75, 3.05) is 11.5 Å². The fourth-order valence-electron chi connectivity index (χ4n) is 2.67. The van der Waals surface area contributed by atoms with E-state index in [2.05, 4.69) is 0 Å². The second-order valence-corrected chi connectivity index (χ2v) is 7.66. The Labute approximate surface area is 113 Å². The Kier molecular flexibility index (Phi) is 4.26. The van der Waals surface area contributed by atoms with E-state index in [0.717, 1.165) is 11.1 Å². The molecule has 2 rings (SSSR count). The third kappa shape index (κ3) is 4.01. The molecule has 1 aliphatic heterocycles. The van der Waals surface area contributed by atoms with Crippen molar-refractivity contribution in [2.45, 2.75) is 32.3 Å². The minimum atomic E-state index is -2.89. The number of rotatable bonds is 4. The summed E-state index contributed by atoms with van der Waals surface area (Å²) in [6, 6.07) is 4.51. The summed E-state index contributed by atoms with van der Waals surface area (Å²) in [5.41, 5.74) is 1.73. The van der Waals surface area contributed by atoms with Crippen LogP contribution in [0.1, 0.15) is 24.0 Å². The highest BCUT2D eigenvalue weighted by atomic mass is 32.2. The Morgan fingerprint density at radius 2 is 2.21 bits per heavy atom. The van der Waals surface area contributed by atoms with Gasteiger partial charge < -0.3 is 5.11 Å². The lowest BCUT2D eigenvalue weighted by Gasteiger charge is -2.15. The number of aliphatic hydroxyl groups is 1. The van der Waals surface area contributed by atoms with Crippen LogP contribution in [-0.4, -0.2) is 31.1 Å². The minimum absolute atomic E-state index is 0.0563. The van der Waals surface area contributed by atoms with Crippen LogP contribution in [-0.2, 0) is 16.3 Å². The van der Waals surface area contributed by atoms with Crippen molar-refractivity contribution in [1.82, 2.24) is 0 Å². The SMILES string of the molecule is Cc1cc(F)ccc1CC(O)CC1CCS(=O)(=O)C1. The lowest BCUT2D eigenvalue weighted by molar-refractivity contribution is 0.146. The lowest BCUT2D eigenvalue weighted by Crippen LogP contribution is -2.17. The molecule has 5 heteroatoms. The summed E-state index contributed by atoms with van der Waals surface area (Å²) >= 11 is 0. The summed E-state index contributed by atoms with van der Waals surface area (Å²) in [6.07, 6.45) is 1.02. The van der Waals surface area contributed by atoms with E-state index < -0.39 is 15.9 Å². The molecule has 1 heterocycles. The van der Waals surface area contributed by atoms with Gasteiger partial charge in [0, 0.05) is 0 Å². The van der Waals surface area contributed by atoms with Crippen molar-refractivity contribution in [3.63, 3.8) is 0 Å². The molecule has 1 aromatic carbocycles. The maximum Gasteiger partial charge on any atom is 0.150 e. The zero-order chi connectivity index (χ0) is 14.0. The van der Waals surface area contributed by atoms with E-state index >= 15 is 0 Å². The molecule has 19 heavy (non-hydrogen) atoms. The number of sulfone groups is 1. The van der Waals surface area contributed by atoms with Gasteiger partial charge in [-0.25, -0.2) is 12.8 Å². The molecule has 0 bridgehead atoms. The summed E-state index contributed by atoms with van der Waals surface area (Å²) < 4.78 is 35.7. The van der Waals surface area contributed by atoms with E-state index in [9.17, 15) is 17.9 Å². The quantitative estimate of drug-likeness (QED) is 0.919. The van der Waals surface area contributed by atoms with Gasteiger partial charge in [0.05, 0.1) is 17.6 Å². The first-order valence-electron chi connectivity index (χ1n) is 6.49. The average Bonchev–Trinajstić information content (AvgIpc) is 2.62. The zero-order valence-corrected chi connectivity index (χ0v) is 11.8. The van der Waals surface area contributed by atoms with Crippen molar-refractivity contribution in [3.05, 3.63) is 35.1 Å². The van der Waals surface area contributed by atoms with Crippen LogP contribution in [0.15, 0.2) is 18.2 Å². The van der Waals surface area contributed by atoms with Gasteiger partial charge in [0.2, 0.25) is 0 Å². The molecule has 106 valence electrons. The van der Waals surface area contributed by atoms with Gasteiger partial charge >= 0.3 is 0 Å². The van der Waals surface area contributed by atoms with Gasteiger partial charge in [-0.15, -0.1) is 0 Å². The highest BCUT2D eigenvalue weighted by Gasteiger charge is 2.29. The fraction of sp³-hybridized carbons (Fsp3) is 0.571. The number of hydrogen-bond acceptors (Lipinski definition) is 3. The van der Waals surface area contributed by atoms with Crippen molar-refractivity contribution in [1.29, 1.82) is 0 Å². The van der Waals surface area contributed by atoms with Crippen molar-refractivity contribution in [2.24, 2.45) is 5.92 Å². The standard InChI is InChI=1S/C14H19FO3S/c1-10-6-13(15)3-2-12(10)8-14(16)7-11-4-5-19(17,18)9-11/h2-3,6,11,14,16H,4-5,7-9H2,1H3. The molecule has 2 atom stereocenters. The number of hydrogen-bond donors (Lipinski definition) is 1. The van der Waals surface area contributed by atoms with Crippen LogP contribution in [0.3, 0.4) is 0 Å². The van der Waals surface area contributed by atoms with Gasteiger partial charge in [-0.2, -0.15) is 0 Å². The van der Waals surface area contributed by atoms with Crippen molar-refractivity contribution >= 4 is 9.84 Å². The largest absolute Gasteiger partial charge is 0.393 e. The van der Waals surface area contributed by atoms with E-state index in [4.69, 9.17) is 0 Å². The molecule has 0 saturated carbocycles. The zero-order valence-electron chi connectivity index (χ0n) is 11.0. The first-order chi connectivity index (χ1) is 8.85. The third-order valence-corrected chi connectivity index (χ3v) is 5.53. The first kappa shape index (κ1) is 14.5. The van der Waals surface area contributed by atoms with Crippen LogP contribution in [0.25, 0.3) is 0 Å². The summed E-state index contributed by atoms with van der Waals surface area (Å²) in [5.74, 6) is 0.199. The molecular formula is C14H19FO3S. The van der Waals surface area contributed by atoms with Gasteiger partial charge in [-0.05, 0) is 55.4 Å². The van der Waals surface area contributed by atoms with Crippen LogP contribution < -0.4 is 0 Å². The molecule has 0 radical (unpaired) electrons. The number of aliphatic hydroxyl groups excluding tert-OH is 1. The van der Waals surface area contributed by atoms with Gasteiger partial charge in [0.25, 0.3) is 0 Å². The molecule has 1 aromatic rings. The molecule has 0 spiro atoms. The summed E-state index contributed by atoms with van der Waals surface area (Å²) in [6.45, 7) is 1.81. The molecule has 1 N–H and O–H groups in total. The van der Waals surface area contributed by atoms with Crippen LogP contribution in [0, 0.1) is 18.7 Å². The number of aryl methyl sites for hydroxylation is 1. The van der Waals surface area contributed by atoms with Crippen molar-refractivity contribution < 1.29 is 17.9 Å². The molecular weight excluding hydrogens is 267 g/mol. The predicted octanol–water partition coefficient (Wildman–Crippen LogP) is 1.86. The molecule has 1 aliphatic rings. The maximum absolute atomic E-state index is 13.0. The predicted molar refractivity (Wildman–Crippen MR) is 72.2 cm³/mol. The van der Waals surface area contributed by atoms with Crippen molar-refractivity contribution in [3.8, 4) is 0 Å². The third-order valence-electron chi connectivity index (χ3n) is 3.69. The Hall–Kier alpha value is -0.940. The maximum atomic E-state index is 13.0. The second kappa shape index (κ2) is 5.59. The number of benzene rings is 1. The highest BCUT2D eigenvalue weighted by Crippen LogP contribution is 2.24. The van der Waals surface area contributed by atoms with Gasteiger partial charge in [-0.3, -0.25) is 0 Å². The van der Waals surface area contributed by atoms with Crippen LogP contribution in [0.2, 0.25) is 0 Å². The topological polar surface area (TPSA) is 54.4 Å². The molecule has 0 aliphatic carbocycles. The molecule has 1 saturated heterocycles. The van der Waals surface area contributed by atoms with Gasteiger partial charge in [0.1, 0.15) is 5.82 Å². The Bertz CT molecular complexity index is 554. The van der Waals surface area contributed by atoms with E-state index in [1.807, 2.05) is 6.92 Å². The Balaban J connectivity index is 1.93. The molecule has 0 aromatic heterocycles. The molecule has 1 fully saturated rings. The summed E-state index contributed by atoms with van der Waals surface area (Å²) in [4.78, 5) is 0. The molecule has 0 amide bonds. The average molecular weight is 286 g/mol. The Morgan fingerprint density at radius 3 is 2.79 bits per heavy atom. The van der Waals surface area contributed by atoms with Gasteiger partial charge in [-0.1, -0.05) is 6.07 Å². The highest BCUT2D eigenvalue weighted by molar-refractivity contribution is 7.91. The second-order valence-electron chi connectivity index (χ2n) is 5.43.